The van der Waals surface area contributed by atoms with Crippen LogP contribution in [0.25, 0.3) is 0 Å². The first kappa shape index (κ1) is 43.4. The molecule has 274 valence electrons. The summed E-state index contributed by atoms with van der Waals surface area (Å²) in [5.41, 5.74) is 0. The van der Waals surface area contributed by atoms with Crippen molar-refractivity contribution >= 4 is 19.8 Å². The number of carbonyl (C=O) groups is 2. The topological polar surface area (TPSA) is 180 Å². The number of allylic oxidation sites excluding steroid dienone is 1. The van der Waals surface area contributed by atoms with E-state index in [2.05, 4.69) is 25.3 Å². The largest absolute Gasteiger partial charge is 0.469 e. The Hall–Kier alpha value is -1.59. The van der Waals surface area contributed by atoms with Gasteiger partial charge in [-0.25, -0.2) is 4.57 Å². The molecule has 0 saturated heterocycles. The quantitative estimate of drug-likeness (QED) is 0.0283. The molecular formula is C35H63O11P. The number of aliphatic hydroxyl groups is 3. The molecule has 0 aromatic heterocycles. The molecule has 0 spiro atoms. The molecule has 0 amide bonds. The van der Waals surface area contributed by atoms with Crippen LogP contribution in [-0.2, 0) is 28.2 Å². The fourth-order valence-electron chi connectivity index (χ4n) is 5.76. The van der Waals surface area contributed by atoms with Crippen molar-refractivity contribution in [2.75, 3.05) is 13.2 Å². The summed E-state index contributed by atoms with van der Waals surface area (Å²) >= 11 is 0. The highest BCUT2D eigenvalue weighted by molar-refractivity contribution is 7.46. The molecular weight excluding hydrogens is 627 g/mol. The predicted octanol–water partition coefficient (Wildman–Crippen LogP) is 6.30. The van der Waals surface area contributed by atoms with E-state index in [0.717, 1.165) is 44.4 Å². The fourth-order valence-corrected chi connectivity index (χ4v) is 6.12. The van der Waals surface area contributed by atoms with E-state index in [1.807, 2.05) is 0 Å². The van der Waals surface area contributed by atoms with Crippen LogP contribution in [0.4, 0.5) is 0 Å². The molecule has 0 aliphatic heterocycles. The molecule has 1 saturated carbocycles. The second-order valence-corrected chi connectivity index (χ2v) is 14.6. The number of aliphatic hydroxyl groups excluding tert-OH is 3. The molecule has 1 aliphatic rings. The Kier molecular flexibility index (Phi) is 23.5. The average Bonchev–Trinajstić information content (AvgIpc) is 3.27. The fraction of sp³-hybridized carbons (Fsp3) is 0.829. The van der Waals surface area contributed by atoms with E-state index in [-0.39, 0.29) is 31.1 Å². The SMILES string of the molecule is CCCCC[C@@H](O)/C=C/[C@@H]1[C@H](C/C=C\CC(=O)OC[C@H](COP(=O)(O)O)OC(=O)CCCCCCCCCCC(C)C)[C@@H](O)C[C@H]1O. The maximum Gasteiger partial charge on any atom is 0.469 e. The van der Waals surface area contributed by atoms with Crippen LogP contribution in [0.5, 0.6) is 0 Å². The van der Waals surface area contributed by atoms with Crippen molar-refractivity contribution in [2.24, 2.45) is 17.8 Å². The highest BCUT2D eigenvalue weighted by Crippen LogP contribution is 2.37. The van der Waals surface area contributed by atoms with Crippen LogP contribution in [0.2, 0.25) is 0 Å². The molecule has 11 nitrogen and oxygen atoms in total. The van der Waals surface area contributed by atoms with E-state index in [0.29, 0.717) is 19.3 Å². The Morgan fingerprint density at radius 2 is 1.49 bits per heavy atom. The summed E-state index contributed by atoms with van der Waals surface area (Å²) in [5.74, 6) is -1.04. The van der Waals surface area contributed by atoms with Gasteiger partial charge in [-0.2, -0.15) is 0 Å². The summed E-state index contributed by atoms with van der Waals surface area (Å²) in [5, 5.41) is 31.1. The summed E-state index contributed by atoms with van der Waals surface area (Å²) in [4.78, 5) is 42.8. The molecule has 12 heteroatoms. The standard InChI is InChI=1S/C35H63O11P/c1-4-5-12-18-28(36)22-23-31-30(32(37)24-33(31)38)19-15-16-20-34(39)44-25-29(26-45-47(41,42)43)46-35(40)21-14-11-9-7-6-8-10-13-17-27(2)3/h15-16,22-23,27-33,36-38H,4-14,17-21,24-26H2,1-3H3,(H2,41,42,43)/b16-15-,23-22+/t28-,29-,30+,31-,32+,33-/m1/s1. The number of unbranched alkanes of at least 4 members (excludes halogenated alkanes) is 9. The number of esters is 2. The molecule has 0 radical (unpaired) electrons. The van der Waals surface area contributed by atoms with Crippen molar-refractivity contribution in [3.8, 4) is 0 Å². The zero-order chi connectivity index (χ0) is 35.1. The first-order valence-electron chi connectivity index (χ1n) is 17.7. The van der Waals surface area contributed by atoms with Gasteiger partial charge < -0.3 is 34.6 Å². The first-order chi connectivity index (χ1) is 22.3. The van der Waals surface area contributed by atoms with Gasteiger partial charge in [0.1, 0.15) is 6.61 Å². The molecule has 1 fully saturated rings. The normalized spacial score (nSPS) is 21.6. The molecule has 5 N–H and O–H groups in total. The number of hydrogen-bond donors (Lipinski definition) is 5. The van der Waals surface area contributed by atoms with Gasteiger partial charge >= 0.3 is 19.8 Å². The molecule has 0 aromatic rings. The van der Waals surface area contributed by atoms with Crippen LogP contribution in [0, 0.1) is 17.8 Å². The van der Waals surface area contributed by atoms with Crippen LogP contribution >= 0.6 is 7.82 Å². The molecule has 0 aromatic carbocycles. The molecule has 1 aliphatic carbocycles. The van der Waals surface area contributed by atoms with Crippen molar-refractivity contribution < 1.29 is 53.3 Å². The van der Waals surface area contributed by atoms with Gasteiger partial charge in [0.2, 0.25) is 0 Å². The van der Waals surface area contributed by atoms with Gasteiger partial charge in [0.25, 0.3) is 0 Å². The Labute approximate surface area is 282 Å². The predicted molar refractivity (Wildman–Crippen MR) is 181 cm³/mol. The van der Waals surface area contributed by atoms with Gasteiger partial charge in [-0.05, 0) is 31.1 Å². The lowest BCUT2D eigenvalue weighted by atomic mass is 9.89. The van der Waals surface area contributed by atoms with Gasteiger partial charge in [-0.15, -0.1) is 0 Å². The molecule has 0 heterocycles. The van der Waals surface area contributed by atoms with E-state index >= 15 is 0 Å². The molecule has 47 heavy (non-hydrogen) atoms. The molecule has 0 unspecified atom stereocenters. The Bertz CT molecular complexity index is 948. The number of rotatable bonds is 27. The zero-order valence-electron chi connectivity index (χ0n) is 28.9. The third kappa shape index (κ3) is 22.6. The Morgan fingerprint density at radius 3 is 2.13 bits per heavy atom. The van der Waals surface area contributed by atoms with Crippen LogP contribution in [0.15, 0.2) is 24.3 Å². The van der Waals surface area contributed by atoms with Crippen molar-refractivity contribution in [3.63, 3.8) is 0 Å². The van der Waals surface area contributed by atoms with Gasteiger partial charge in [0.05, 0.1) is 31.3 Å². The lowest BCUT2D eigenvalue weighted by molar-refractivity contribution is -0.160. The molecule has 1 rings (SSSR count). The van der Waals surface area contributed by atoms with Gasteiger partial charge in [-0.1, -0.05) is 116 Å². The summed E-state index contributed by atoms with van der Waals surface area (Å²) in [6, 6.07) is 0. The number of ether oxygens (including phenoxy) is 2. The highest BCUT2D eigenvalue weighted by Gasteiger charge is 2.39. The smallest absolute Gasteiger partial charge is 0.461 e. The number of hydrogen-bond acceptors (Lipinski definition) is 9. The van der Waals surface area contributed by atoms with Gasteiger partial charge in [-0.3, -0.25) is 14.1 Å². The third-order valence-corrected chi connectivity index (χ3v) is 8.99. The van der Waals surface area contributed by atoms with E-state index in [1.54, 1.807) is 24.3 Å². The number of phosphoric ester groups is 1. The molecule has 6 atom stereocenters. The van der Waals surface area contributed by atoms with Crippen LogP contribution < -0.4 is 0 Å². The van der Waals surface area contributed by atoms with E-state index in [1.165, 1.54) is 32.1 Å². The Balaban J connectivity index is 2.44. The van der Waals surface area contributed by atoms with E-state index in [4.69, 9.17) is 19.3 Å². The van der Waals surface area contributed by atoms with Crippen molar-refractivity contribution in [1.29, 1.82) is 0 Å². The minimum Gasteiger partial charge on any atom is -0.461 e. The maximum atomic E-state index is 12.4. The summed E-state index contributed by atoms with van der Waals surface area (Å²) in [7, 11) is -4.82. The van der Waals surface area contributed by atoms with Gasteiger partial charge in [0.15, 0.2) is 6.10 Å². The van der Waals surface area contributed by atoms with Crippen molar-refractivity contribution in [3.05, 3.63) is 24.3 Å². The number of phosphoric acid groups is 1. The first-order valence-corrected chi connectivity index (χ1v) is 19.3. The van der Waals surface area contributed by atoms with Crippen LogP contribution in [-0.4, -0.2) is 74.7 Å². The lowest BCUT2D eigenvalue weighted by Gasteiger charge is -2.19. The van der Waals surface area contributed by atoms with E-state index in [9.17, 15) is 29.5 Å². The molecule has 0 bridgehead atoms. The lowest BCUT2D eigenvalue weighted by Crippen LogP contribution is -2.29. The maximum absolute atomic E-state index is 12.4. The summed E-state index contributed by atoms with van der Waals surface area (Å²) in [6.45, 7) is 5.52. The minimum absolute atomic E-state index is 0.111. The van der Waals surface area contributed by atoms with Crippen molar-refractivity contribution in [2.45, 2.75) is 154 Å². The summed E-state index contributed by atoms with van der Waals surface area (Å²) in [6.07, 6.45) is 17.7. The monoisotopic (exact) mass is 690 g/mol. The Morgan fingerprint density at radius 1 is 0.851 bits per heavy atom. The average molecular weight is 691 g/mol. The third-order valence-electron chi connectivity index (χ3n) is 8.50. The minimum atomic E-state index is -4.82. The number of carbonyl (C=O) groups excluding carboxylic acids is 2. The van der Waals surface area contributed by atoms with Crippen LogP contribution in [0.1, 0.15) is 130 Å². The van der Waals surface area contributed by atoms with Crippen molar-refractivity contribution in [1.82, 2.24) is 0 Å². The van der Waals surface area contributed by atoms with Crippen LogP contribution in [0.3, 0.4) is 0 Å². The second kappa shape index (κ2) is 25.4. The second-order valence-electron chi connectivity index (χ2n) is 13.3. The highest BCUT2D eigenvalue weighted by atomic mass is 31.2. The summed E-state index contributed by atoms with van der Waals surface area (Å²) < 4.78 is 26.2. The van der Waals surface area contributed by atoms with Gasteiger partial charge in [0, 0.05) is 18.8 Å². The van der Waals surface area contributed by atoms with E-state index < -0.39 is 57.4 Å². The zero-order valence-corrected chi connectivity index (χ0v) is 29.8.